The molecule has 43 heavy (non-hydrogen) atoms. The number of esters is 2. The lowest BCUT2D eigenvalue weighted by atomic mass is 9.93. The Morgan fingerprint density at radius 3 is 2.37 bits per heavy atom. The highest BCUT2D eigenvalue weighted by molar-refractivity contribution is 7.07. The molecule has 4 aromatic rings. The van der Waals surface area contributed by atoms with Crippen LogP contribution in [-0.4, -0.2) is 43.4 Å². The van der Waals surface area contributed by atoms with Crippen LogP contribution in [0.3, 0.4) is 0 Å². The summed E-state index contributed by atoms with van der Waals surface area (Å²) in [5.74, 6) is 0.0866. The van der Waals surface area contributed by atoms with Crippen LogP contribution in [0.2, 0.25) is 0 Å². The van der Waals surface area contributed by atoms with Crippen molar-refractivity contribution < 1.29 is 28.5 Å². The lowest BCUT2D eigenvalue weighted by Gasteiger charge is -2.26. The van der Waals surface area contributed by atoms with E-state index in [1.807, 2.05) is 48.5 Å². The van der Waals surface area contributed by atoms with Crippen LogP contribution in [-0.2, 0) is 19.1 Å². The largest absolute Gasteiger partial charge is 0.497 e. The molecule has 220 valence electrons. The number of hydrogen-bond acceptors (Lipinski definition) is 9. The number of benzene rings is 3. The van der Waals surface area contributed by atoms with E-state index in [9.17, 15) is 14.4 Å². The van der Waals surface area contributed by atoms with Crippen LogP contribution in [0.4, 0.5) is 0 Å². The SMILES string of the molecule is CCOC(=O)COc1ccc(C=c2sc3n(c2=O)C(c2cccc(OC)c2)C(C(=O)OCC)=C(c2ccccc2)N=3)cc1. The fourth-order valence-electron chi connectivity index (χ4n) is 4.72. The first-order valence-corrected chi connectivity index (χ1v) is 14.6. The predicted molar refractivity (Wildman–Crippen MR) is 163 cm³/mol. The second kappa shape index (κ2) is 13.3. The number of carbonyl (C=O) groups excluding carboxylic acids is 2. The Bertz CT molecular complexity index is 1840. The van der Waals surface area contributed by atoms with Gasteiger partial charge < -0.3 is 18.9 Å². The van der Waals surface area contributed by atoms with E-state index < -0.39 is 18.0 Å². The Hall–Kier alpha value is -4.96. The van der Waals surface area contributed by atoms with Crippen molar-refractivity contribution in [2.24, 2.45) is 4.99 Å². The lowest BCUT2D eigenvalue weighted by Crippen LogP contribution is -2.40. The number of aromatic nitrogens is 1. The summed E-state index contributed by atoms with van der Waals surface area (Å²) >= 11 is 1.23. The Balaban J connectivity index is 1.65. The summed E-state index contributed by atoms with van der Waals surface area (Å²) in [4.78, 5) is 44.5. The fraction of sp³-hybridized carbons (Fsp3) is 0.212. The zero-order chi connectivity index (χ0) is 30.3. The van der Waals surface area contributed by atoms with Gasteiger partial charge in [0.15, 0.2) is 11.4 Å². The topological polar surface area (TPSA) is 105 Å². The first-order valence-electron chi connectivity index (χ1n) is 13.7. The van der Waals surface area contributed by atoms with Gasteiger partial charge in [0.25, 0.3) is 5.56 Å². The van der Waals surface area contributed by atoms with Gasteiger partial charge in [-0.1, -0.05) is 65.9 Å². The number of rotatable bonds is 10. The molecule has 1 atom stereocenters. The van der Waals surface area contributed by atoms with Gasteiger partial charge in [0, 0.05) is 5.56 Å². The van der Waals surface area contributed by atoms with E-state index in [-0.39, 0.29) is 31.0 Å². The monoisotopic (exact) mass is 598 g/mol. The van der Waals surface area contributed by atoms with Crippen LogP contribution in [0, 0.1) is 0 Å². The molecule has 9 nitrogen and oxygen atoms in total. The van der Waals surface area contributed by atoms with Crippen molar-refractivity contribution in [1.82, 2.24) is 4.57 Å². The van der Waals surface area contributed by atoms with Gasteiger partial charge in [0.1, 0.15) is 11.5 Å². The summed E-state index contributed by atoms with van der Waals surface area (Å²) in [7, 11) is 1.56. The molecule has 3 aromatic carbocycles. The van der Waals surface area contributed by atoms with Gasteiger partial charge in [-0.3, -0.25) is 9.36 Å². The van der Waals surface area contributed by atoms with Crippen molar-refractivity contribution in [3.05, 3.63) is 121 Å². The van der Waals surface area contributed by atoms with Crippen molar-refractivity contribution in [2.75, 3.05) is 26.9 Å². The minimum Gasteiger partial charge on any atom is -0.497 e. The molecule has 0 spiro atoms. The smallest absolute Gasteiger partial charge is 0.344 e. The summed E-state index contributed by atoms with van der Waals surface area (Å²) in [6, 6.07) is 22.9. The summed E-state index contributed by atoms with van der Waals surface area (Å²) < 4.78 is 23.3. The summed E-state index contributed by atoms with van der Waals surface area (Å²) in [5, 5.41) is 0. The number of methoxy groups -OCH3 is 1. The van der Waals surface area contributed by atoms with Crippen molar-refractivity contribution in [1.29, 1.82) is 0 Å². The molecule has 1 unspecified atom stereocenters. The molecule has 5 rings (SSSR count). The van der Waals surface area contributed by atoms with E-state index >= 15 is 0 Å². The van der Waals surface area contributed by atoms with Crippen molar-refractivity contribution in [2.45, 2.75) is 19.9 Å². The molecule has 0 saturated heterocycles. The molecular formula is C33H30N2O7S. The maximum atomic E-state index is 14.0. The molecule has 0 amide bonds. The molecule has 0 fully saturated rings. The number of hydrogen-bond donors (Lipinski definition) is 0. The third-order valence-corrected chi connectivity index (χ3v) is 7.61. The minimum atomic E-state index is -0.804. The third kappa shape index (κ3) is 6.44. The van der Waals surface area contributed by atoms with Crippen molar-refractivity contribution in [3.63, 3.8) is 0 Å². The lowest BCUT2D eigenvalue weighted by molar-refractivity contribution is -0.145. The minimum absolute atomic E-state index is 0.166. The van der Waals surface area contributed by atoms with E-state index in [1.165, 1.54) is 11.3 Å². The van der Waals surface area contributed by atoms with E-state index in [0.717, 1.165) is 11.1 Å². The molecular weight excluding hydrogens is 568 g/mol. The van der Waals surface area contributed by atoms with Gasteiger partial charge >= 0.3 is 11.9 Å². The molecule has 0 saturated carbocycles. The number of nitrogens with zero attached hydrogens (tertiary/aromatic N) is 2. The Labute approximate surface area is 252 Å². The molecule has 0 bridgehead atoms. The van der Waals surface area contributed by atoms with Crippen LogP contribution in [0.1, 0.15) is 36.6 Å². The average molecular weight is 599 g/mol. The van der Waals surface area contributed by atoms with Crippen LogP contribution >= 0.6 is 11.3 Å². The van der Waals surface area contributed by atoms with Gasteiger partial charge in [-0.15, -0.1) is 0 Å². The highest BCUT2D eigenvalue weighted by Gasteiger charge is 2.35. The van der Waals surface area contributed by atoms with Gasteiger partial charge in [-0.05, 0) is 55.3 Å². The highest BCUT2D eigenvalue weighted by atomic mass is 32.1. The molecule has 2 heterocycles. The van der Waals surface area contributed by atoms with Crippen LogP contribution in [0.5, 0.6) is 11.5 Å². The first kappa shape index (κ1) is 29.5. The maximum absolute atomic E-state index is 14.0. The number of fused-ring (bicyclic) bond motifs is 1. The van der Waals surface area contributed by atoms with Gasteiger partial charge in [-0.2, -0.15) is 0 Å². The predicted octanol–water partition coefficient (Wildman–Crippen LogP) is 3.89. The van der Waals surface area contributed by atoms with Gasteiger partial charge in [0.05, 0.1) is 42.2 Å². The molecule has 1 aromatic heterocycles. The zero-order valence-electron chi connectivity index (χ0n) is 23.9. The highest BCUT2D eigenvalue weighted by Crippen LogP contribution is 2.36. The zero-order valence-corrected chi connectivity index (χ0v) is 24.8. The van der Waals surface area contributed by atoms with Gasteiger partial charge in [0.2, 0.25) is 0 Å². The Kier molecular flexibility index (Phi) is 9.17. The molecule has 10 heteroatoms. The quantitative estimate of drug-likeness (QED) is 0.255. The number of carbonyl (C=O) groups is 2. The second-order valence-electron chi connectivity index (χ2n) is 9.37. The fourth-order valence-corrected chi connectivity index (χ4v) is 5.72. The van der Waals surface area contributed by atoms with Crippen LogP contribution < -0.4 is 24.4 Å². The van der Waals surface area contributed by atoms with E-state index in [2.05, 4.69) is 0 Å². The average Bonchev–Trinajstić information content (AvgIpc) is 3.34. The molecule has 0 N–H and O–H groups in total. The van der Waals surface area contributed by atoms with Crippen molar-refractivity contribution >= 4 is 35.0 Å². The number of thiazole rings is 1. The first-order chi connectivity index (χ1) is 20.9. The van der Waals surface area contributed by atoms with Crippen molar-refractivity contribution in [3.8, 4) is 11.5 Å². The third-order valence-electron chi connectivity index (χ3n) is 6.62. The summed E-state index contributed by atoms with van der Waals surface area (Å²) in [5.41, 5.74) is 2.58. The molecule has 1 aliphatic rings. The summed E-state index contributed by atoms with van der Waals surface area (Å²) in [6.07, 6.45) is 1.76. The van der Waals surface area contributed by atoms with E-state index in [0.29, 0.717) is 32.1 Å². The maximum Gasteiger partial charge on any atom is 0.344 e. The van der Waals surface area contributed by atoms with Gasteiger partial charge in [-0.25, -0.2) is 14.6 Å². The Morgan fingerprint density at radius 2 is 1.67 bits per heavy atom. The Morgan fingerprint density at radius 1 is 0.930 bits per heavy atom. The molecule has 0 aliphatic carbocycles. The summed E-state index contributed by atoms with van der Waals surface area (Å²) in [6.45, 7) is 3.73. The van der Waals surface area contributed by atoms with E-state index in [4.69, 9.17) is 23.9 Å². The molecule has 1 aliphatic heterocycles. The normalized spacial score (nSPS) is 14.5. The van der Waals surface area contributed by atoms with E-state index in [1.54, 1.807) is 61.9 Å². The van der Waals surface area contributed by atoms with Crippen LogP contribution in [0.15, 0.2) is 94.2 Å². The van der Waals surface area contributed by atoms with Crippen LogP contribution in [0.25, 0.3) is 11.8 Å². The standard InChI is InChI=1S/C33H30N2O7S/c1-4-40-27(36)20-42-24-16-14-21(15-17-24)18-26-31(37)35-30(23-12-9-13-25(19-23)39-3)28(32(38)41-5-2)29(34-33(35)43-26)22-10-7-6-8-11-22/h6-19,30H,4-5,20H2,1-3H3. The number of ether oxygens (including phenoxy) is 4. The molecule has 0 radical (unpaired) electrons. The second-order valence-corrected chi connectivity index (χ2v) is 10.4.